The number of hydrogen-bond acceptors (Lipinski definition) is 4. The highest BCUT2D eigenvalue weighted by Crippen LogP contribution is 2.11. The van der Waals surface area contributed by atoms with Gasteiger partial charge in [-0.2, -0.15) is 24.4 Å². The number of carbonyl (C=O) groups excluding carboxylic acids is 1. The van der Waals surface area contributed by atoms with E-state index < -0.39 is 6.04 Å². The van der Waals surface area contributed by atoms with Gasteiger partial charge in [0, 0.05) is 11.0 Å². The predicted octanol–water partition coefficient (Wildman–Crippen LogP) is 0.475. The van der Waals surface area contributed by atoms with E-state index in [1.54, 1.807) is 18.0 Å². The van der Waals surface area contributed by atoms with Crippen LogP contribution in [-0.4, -0.2) is 29.1 Å². The fraction of sp³-hybridized carbons (Fsp3) is 0.833. The van der Waals surface area contributed by atoms with Gasteiger partial charge in [0.25, 0.3) is 0 Å². The molecule has 4 heteroatoms. The predicted molar refractivity (Wildman–Crippen MR) is 49.4 cm³/mol. The summed E-state index contributed by atoms with van der Waals surface area (Å²) in [5, 5.41) is 0.157. The van der Waals surface area contributed by atoms with E-state index in [0.717, 1.165) is 11.5 Å². The Morgan fingerprint density at radius 2 is 2.40 bits per heavy atom. The zero-order valence-corrected chi connectivity index (χ0v) is 7.62. The molecule has 2 N–H and O–H groups in total. The van der Waals surface area contributed by atoms with Gasteiger partial charge in [-0.3, -0.25) is 4.79 Å². The van der Waals surface area contributed by atoms with Gasteiger partial charge in [-0.1, -0.05) is 6.92 Å². The van der Waals surface area contributed by atoms with Gasteiger partial charge in [0.2, 0.25) is 6.29 Å². The molecule has 0 fully saturated rings. The number of rotatable bonds is 5. The van der Waals surface area contributed by atoms with Crippen LogP contribution in [0.2, 0.25) is 0 Å². The SMILES string of the molecule is CC(SCCS)[C@H](N)[C]=O. The molecular weight excluding hydrogens is 166 g/mol. The van der Waals surface area contributed by atoms with E-state index in [0.29, 0.717) is 0 Å². The molecule has 0 aliphatic rings. The Labute approximate surface area is 71.3 Å². The average molecular weight is 178 g/mol. The fourth-order valence-electron chi connectivity index (χ4n) is 0.438. The van der Waals surface area contributed by atoms with Crippen molar-refractivity contribution in [1.29, 1.82) is 0 Å². The molecule has 0 aromatic rings. The van der Waals surface area contributed by atoms with Gasteiger partial charge < -0.3 is 5.73 Å². The first-order valence-electron chi connectivity index (χ1n) is 3.08. The molecular formula is C6H12NOS2. The first-order valence-corrected chi connectivity index (χ1v) is 4.76. The quantitative estimate of drug-likeness (QED) is 0.602. The molecule has 0 aliphatic heterocycles. The Hall–Kier alpha value is 0.330. The zero-order valence-electron chi connectivity index (χ0n) is 5.91. The molecule has 0 saturated carbocycles. The minimum Gasteiger partial charge on any atom is -0.320 e. The lowest BCUT2D eigenvalue weighted by Crippen LogP contribution is -2.31. The molecule has 0 aliphatic carbocycles. The summed E-state index contributed by atoms with van der Waals surface area (Å²) in [6.07, 6.45) is 1.76. The summed E-state index contributed by atoms with van der Waals surface area (Å²) in [7, 11) is 0. The number of nitrogens with two attached hydrogens (primary N) is 1. The van der Waals surface area contributed by atoms with Crippen LogP contribution in [0.15, 0.2) is 0 Å². The van der Waals surface area contributed by atoms with Crippen molar-refractivity contribution in [3.63, 3.8) is 0 Å². The van der Waals surface area contributed by atoms with Crippen LogP contribution in [0, 0.1) is 0 Å². The molecule has 0 spiro atoms. The van der Waals surface area contributed by atoms with Crippen LogP contribution >= 0.6 is 24.4 Å². The first-order chi connectivity index (χ1) is 4.72. The molecule has 1 unspecified atom stereocenters. The third-order valence-corrected chi connectivity index (χ3v) is 2.90. The Morgan fingerprint density at radius 3 is 2.80 bits per heavy atom. The monoisotopic (exact) mass is 178 g/mol. The van der Waals surface area contributed by atoms with Gasteiger partial charge in [-0.25, -0.2) is 0 Å². The van der Waals surface area contributed by atoms with Crippen LogP contribution in [0.25, 0.3) is 0 Å². The van der Waals surface area contributed by atoms with Gasteiger partial charge >= 0.3 is 0 Å². The second-order valence-electron chi connectivity index (χ2n) is 1.94. The Balaban J connectivity index is 3.40. The summed E-state index contributed by atoms with van der Waals surface area (Å²) in [5.74, 6) is 1.75. The summed E-state index contributed by atoms with van der Waals surface area (Å²) in [5.41, 5.74) is 5.39. The summed E-state index contributed by atoms with van der Waals surface area (Å²) in [6.45, 7) is 1.92. The summed E-state index contributed by atoms with van der Waals surface area (Å²) >= 11 is 5.68. The molecule has 2 nitrogen and oxygen atoms in total. The second-order valence-corrected chi connectivity index (χ2v) is 3.88. The summed E-state index contributed by atoms with van der Waals surface area (Å²) < 4.78 is 0. The number of hydrogen-bond donors (Lipinski definition) is 2. The van der Waals surface area contributed by atoms with Crippen LogP contribution < -0.4 is 5.73 Å². The normalized spacial score (nSPS) is 16.3. The van der Waals surface area contributed by atoms with Gasteiger partial charge in [-0.15, -0.1) is 0 Å². The lowest BCUT2D eigenvalue weighted by Gasteiger charge is -2.11. The van der Waals surface area contributed by atoms with Gasteiger partial charge in [-0.05, 0) is 5.75 Å². The van der Waals surface area contributed by atoms with E-state index in [-0.39, 0.29) is 5.25 Å². The van der Waals surface area contributed by atoms with Crippen LogP contribution in [0.5, 0.6) is 0 Å². The zero-order chi connectivity index (χ0) is 7.98. The summed E-state index contributed by atoms with van der Waals surface area (Å²) in [6, 6.07) is -0.454. The van der Waals surface area contributed by atoms with E-state index >= 15 is 0 Å². The minimum atomic E-state index is -0.454. The van der Waals surface area contributed by atoms with Crippen LogP contribution in [0.4, 0.5) is 0 Å². The van der Waals surface area contributed by atoms with E-state index in [4.69, 9.17) is 5.73 Å². The standard InChI is InChI=1S/C6H12NOS2/c1-5(6(7)4-8)10-3-2-9/h5-6,9H,2-3,7H2,1H3/t5?,6-/m1/s1. The highest BCUT2D eigenvalue weighted by molar-refractivity contribution is 8.00. The third kappa shape index (κ3) is 4.19. The van der Waals surface area contributed by atoms with Crippen LogP contribution in [0.3, 0.4) is 0 Å². The van der Waals surface area contributed by atoms with Crippen LogP contribution in [-0.2, 0) is 4.79 Å². The third-order valence-electron chi connectivity index (χ3n) is 1.11. The lowest BCUT2D eigenvalue weighted by atomic mass is 10.3. The number of thioether (sulfide) groups is 1. The molecule has 0 saturated heterocycles. The fourth-order valence-corrected chi connectivity index (χ4v) is 1.49. The molecule has 59 valence electrons. The molecule has 1 radical (unpaired) electrons. The summed E-state index contributed by atoms with van der Waals surface area (Å²) in [4.78, 5) is 10.0. The first kappa shape index (κ1) is 10.3. The molecule has 0 aromatic carbocycles. The Kier molecular flexibility index (Phi) is 6.27. The maximum absolute atomic E-state index is 10.0. The van der Waals surface area contributed by atoms with Crippen molar-refractivity contribution >= 4 is 30.7 Å². The topological polar surface area (TPSA) is 43.1 Å². The second kappa shape index (κ2) is 6.07. The molecule has 0 rings (SSSR count). The maximum atomic E-state index is 10.0. The molecule has 2 atom stereocenters. The van der Waals surface area contributed by atoms with Crippen LogP contribution in [0.1, 0.15) is 6.92 Å². The highest BCUT2D eigenvalue weighted by atomic mass is 32.2. The van der Waals surface area contributed by atoms with E-state index in [1.807, 2.05) is 6.92 Å². The molecule has 10 heavy (non-hydrogen) atoms. The van der Waals surface area contributed by atoms with E-state index in [2.05, 4.69) is 12.6 Å². The van der Waals surface area contributed by atoms with Crippen molar-refractivity contribution < 1.29 is 4.79 Å². The molecule has 0 aromatic heterocycles. The minimum absolute atomic E-state index is 0.157. The molecule has 0 bridgehead atoms. The highest BCUT2D eigenvalue weighted by Gasteiger charge is 2.11. The number of thiol groups is 1. The van der Waals surface area contributed by atoms with Gasteiger partial charge in [0.05, 0.1) is 6.04 Å². The smallest absolute Gasteiger partial charge is 0.217 e. The van der Waals surface area contributed by atoms with Gasteiger partial charge in [0.1, 0.15) is 0 Å². The van der Waals surface area contributed by atoms with E-state index in [9.17, 15) is 4.79 Å². The largest absolute Gasteiger partial charge is 0.320 e. The van der Waals surface area contributed by atoms with Crippen molar-refractivity contribution in [3.8, 4) is 0 Å². The van der Waals surface area contributed by atoms with Crippen molar-refractivity contribution in [2.75, 3.05) is 11.5 Å². The lowest BCUT2D eigenvalue weighted by molar-refractivity contribution is 0.540. The Morgan fingerprint density at radius 1 is 1.80 bits per heavy atom. The van der Waals surface area contributed by atoms with Crippen molar-refractivity contribution in [2.24, 2.45) is 5.73 Å². The molecule has 0 heterocycles. The Bertz CT molecular complexity index is 99.7. The average Bonchev–Trinajstić information content (AvgIpc) is 1.98. The van der Waals surface area contributed by atoms with Crippen molar-refractivity contribution in [1.82, 2.24) is 0 Å². The van der Waals surface area contributed by atoms with Gasteiger partial charge in [0.15, 0.2) is 0 Å². The van der Waals surface area contributed by atoms with E-state index in [1.165, 1.54) is 0 Å². The molecule has 0 amide bonds. The van der Waals surface area contributed by atoms with Crippen molar-refractivity contribution in [3.05, 3.63) is 0 Å². The van der Waals surface area contributed by atoms with Crippen molar-refractivity contribution in [2.45, 2.75) is 18.2 Å². The maximum Gasteiger partial charge on any atom is 0.217 e.